The first-order chi connectivity index (χ1) is 61.5. The van der Waals surface area contributed by atoms with Crippen molar-refractivity contribution in [2.45, 2.75) is 0 Å². The molecule has 19 aromatic carbocycles. The highest BCUT2D eigenvalue weighted by Gasteiger charge is 2.32. The van der Waals surface area contributed by atoms with E-state index in [1.165, 1.54) is 87.3 Å². The molecule has 0 radical (unpaired) electrons. The molecular weight excluding hydrogens is 1510 g/mol. The van der Waals surface area contributed by atoms with Gasteiger partial charge in [-0.05, 0) is 209 Å². The van der Waals surface area contributed by atoms with Gasteiger partial charge in [0.15, 0.2) is 5.82 Å². The van der Waals surface area contributed by atoms with E-state index in [4.69, 9.17) is 9.97 Å². The van der Waals surface area contributed by atoms with Crippen LogP contribution in [0, 0.1) is 0 Å². The zero-order chi connectivity index (χ0) is 80.9. The summed E-state index contributed by atoms with van der Waals surface area (Å²) in [4.78, 5) is 11.9. The van der Waals surface area contributed by atoms with Gasteiger partial charge in [-0.25, -0.2) is 9.97 Å². The fourth-order valence-electron chi connectivity index (χ4n) is 21.1. The van der Waals surface area contributed by atoms with Gasteiger partial charge in [-0.1, -0.05) is 255 Å². The van der Waals surface area contributed by atoms with Crippen molar-refractivity contribution in [2.24, 2.45) is 0 Å². The smallest absolute Gasteiger partial charge is 0.160 e. The highest BCUT2D eigenvalue weighted by atomic mass is 15.0. The van der Waals surface area contributed by atoms with Crippen molar-refractivity contribution in [1.82, 2.24) is 37.4 Å². The third-order valence-electron chi connectivity index (χ3n) is 26.5. The molecule has 8 heteroatoms. The predicted octanol–water partition coefficient (Wildman–Crippen LogP) is 30.2. The van der Waals surface area contributed by atoms with E-state index in [1.807, 2.05) is 0 Å². The van der Waals surface area contributed by atoms with Crippen molar-refractivity contribution < 1.29 is 0 Å². The van der Waals surface area contributed by atoms with Gasteiger partial charge in [0.05, 0.1) is 83.3 Å². The first-order valence-corrected chi connectivity index (χ1v) is 42.6. The largest absolute Gasteiger partial charge is 0.309 e. The third-order valence-corrected chi connectivity index (χ3v) is 26.5. The molecule has 0 saturated carbocycles. The molecule has 1 aliphatic rings. The molecule has 7 aromatic heterocycles. The van der Waals surface area contributed by atoms with Crippen LogP contribution in [0.5, 0.6) is 0 Å². The summed E-state index contributed by atoms with van der Waals surface area (Å²) in [7, 11) is 0. The quantitative estimate of drug-likeness (QED) is 0.130. The molecule has 0 fully saturated rings. The minimum Gasteiger partial charge on any atom is -0.309 e. The maximum absolute atomic E-state index is 5.99. The van der Waals surface area contributed by atoms with E-state index in [2.05, 4.69) is 452 Å². The van der Waals surface area contributed by atoms with E-state index in [0.717, 1.165) is 161 Å². The summed E-state index contributed by atoms with van der Waals surface area (Å²) < 4.78 is 14.6. The molecular formula is C116H70N8. The second-order valence-corrected chi connectivity index (χ2v) is 33.1. The molecule has 0 atom stereocenters. The van der Waals surface area contributed by atoms with Crippen LogP contribution in [-0.2, 0) is 0 Å². The summed E-state index contributed by atoms with van der Waals surface area (Å²) in [6.45, 7) is 0. The highest BCUT2D eigenvalue weighted by molar-refractivity contribution is 6.22. The molecule has 27 rings (SSSR count). The van der Waals surface area contributed by atoms with E-state index in [9.17, 15) is 0 Å². The Hall–Kier alpha value is -16.7. The van der Waals surface area contributed by atoms with Crippen LogP contribution in [0.2, 0.25) is 0 Å². The summed E-state index contributed by atoms with van der Waals surface area (Å²) in [5, 5.41) is 16.7. The van der Waals surface area contributed by atoms with Gasteiger partial charge in [0, 0.05) is 126 Å². The van der Waals surface area contributed by atoms with Crippen LogP contribution in [0.15, 0.2) is 425 Å². The average Bonchev–Trinajstić information content (AvgIpc) is 1.55. The summed E-state index contributed by atoms with van der Waals surface area (Å²) in [6.07, 6.45) is 0. The van der Waals surface area contributed by atoms with Crippen LogP contribution in [-0.4, -0.2) is 37.4 Å². The van der Waals surface area contributed by atoms with E-state index in [0.29, 0.717) is 5.82 Å². The Bertz CT molecular complexity index is 8750. The third kappa shape index (κ3) is 10.0. The number of para-hydroxylation sites is 9. The molecule has 0 N–H and O–H groups in total. The maximum Gasteiger partial charge on any atom is 0.160 e. The van der Waals surface area contributed by atoms with Gasteiger partial charge < -0.3 is 27.4 Å². The molecule has 124 heavy (non-hydrogen) atoms. The number of aromatic nitrogens is 8. The molecule has 574 valence electrons. The lowest BCUT2D eigenvalue weighted by Gasteiger charge is -2.17. The van der Waals surface area contributed by atoms with Gasteiger partial charge in [0.2, 0.25) is 0 Å². The van der Waals surface area contributed by atoms with Crippen LogP contribution in [0.25, 0.3) is 254 Å². The molecule has 0 amide bonds. The van der Waals surface area contributed by atoms with Gasteiger partial charge in [-0.2, -0.15) is 0 Å². The predicted molar refractivity (Wildman–Crippen MR) is 517 cm³/mol. The van der Waals surface area contributed by atoms with Crippen LogP contribution in [0.1, 0.15) is 0 Å². The van der Waals surface area contributed by atoms with Crippen molar-refractivity contribution in [1.29, 1.82) is 0 Å². The number of hydrogen-bond donors (Lipinski definition) is 0. The van der Waals surface area contributed by atoms with E-state index in [1.54, 1.807) is 0 Å². The number of hydrogen-bond acceptors (Lipinski definition) is 2. The molecule has 0 spiro atoms. The monoisotopic (exact) mass is 1570 g/mol. The fraction of sp³-hybridized carbons (Fsp3) is 0. The van der Waals surface area contributed by atoms with E-state index >= 15 is 0 Å². The number of fused-ring (bicyclic) bond motifs is 21. The zero-order valence-corrected chi connectivity index (χ0v) is 67.0. The van der Waals surface area contributed by atoms with Gasteiger partial charge in [0.1, 0.15) is 0 Å². The topological polar surface area (TPSA) is 55.4 Å². The summed E-state index contributed by atoms with van der Waals surface area (Å²) in [6, 6.07) is 157. The Kier molecular flexibility index (Phi) is 14.5. The first-order valence-electron chi connectivity index (χ1n) is 42.6. The fourth-order valence-corrected chi connectivity index (χ4v) is 21.1. The minimum absolute atomic E-state index is 0.629. The molecule has 0 saturated heterocycles. The van der Waals surface area contributed by atoms with Crippen LogP contribution < -0.4 is 0 Å². The number of rotatable bonds is 11. The Morgan fingerprint density at radius 3 is 0.790 bits per heavy atom. The Balaban J connectivity index is 0.644. The normalized spacial score (nSPS) is 12.2. The second kappa shape index (κ2) is 26.4. The second-order valence-electron chi connectivity index (χ2n) is 33.1. The molecule has 1 aliphatic carbocycles. The first kappa shape index (κ1) is 68.3. The van der Waals surface area contributed by atoms with Crippen LogP contribution >= 0.6 is 0 Å². The Morgan fingerprint density at radius 1 is 0.153 bits per heavy atom. The lowest BCUT2D eigenvalue weighted by molar-refractivity contribution is 1.12. The van der Waals surface area contributed by atoms with Crippen molar-refractivity contribution in [2.75, 3.05) is 0 Å². The van der Waals surface area contributed by atoms with E-state index in [-0.39, 0.29) is 0 Å². The lowest BCUT2D eigenvalue weighted by Crippen LogP contribution is -2.02. The molecule has 0 bridgehead atoms. The van der Waals surface area contributed by atoms with Gasteiger partial charge in [-0.3, -0.25) is 0 Å². The van der Waals surface area contributed by atoms with Crippen molar-refractivity contribution in [3.63, 3.8) is 0 Å². The maximum atomic E-state index is 5.99. The minimum atomic E-state index is 0.629. The number of benzene rings is 19. The average molecular weight is 1580 g/mol. The van der Waals surface area contributed by atoms with Gasteiger partial charge in [-0.15, -0.1) is 0 Å². The number of nitrogens with zero attached hydrogens (tertiary/aromatic N) is 8. The van der Waals surface area contributed by atoms with Crippen molar-refractivity contribution in [3.8, 4) is 113 Å². The van der Waals surface area contributed by atoms with E-state index < -0.39 is 0 Å². The van der Waals surface area contributed by atoms with Crippen molar-refractivity contribution >= 4 is 142 Å². The molecule has 0 aliphatic heterocycles. The SMILES string of the molecule is c1ccc(-c2nc(-c3cc(-n4c5ccccc5c5cc(-c6ccc7c(c6)c6ccccc6n7-c6ccccc6)ccc54)cc(-n4c5ccccc5c5cc(-c6ccc7c(c6)c6ccccc6n7-c6ccccc6)ccc54)c3)nc3c2-c2ccc(-n4c5ccccc5c5cc(-c6ccc7c(c6)c6ccccc6n7-c6ccccc6)ccc54)c4cccc-3c24)cc1. The molecule has 7 heterocycles. The standard InChI is InChI=1S/C116H70N8/c1-5-26-71(27-6-1)114-113-91-54-61-105(124-104-47-24-18-39-89(104)98-69-77(53-60-111(98)124)74-50-57-108-95(66-74)86-36-15-21-44-101(86)121(108)81-32-11-4-12-33-81)90-40-25-41-92(112(90)91)115(113)118-116(117-114)78-62-82(122-102-45-22-16-37-87(102)96-67-75(51-58-109(96)122)72-48-55-106-93(64-72)84-34-13-19-42-99(84)119(106)79-28-7-2-8-29-79)70-83(63-78)123-103-46-23-17-38-88(103)97-68-76(52-59-110(97)123)73-49-56-107-94(65-73)85-35-14-20-43-100(85)120(107)80-30-9-3-10-31-80/h1-70H. The highest BCUT2D eigenvalue weighted by Crippen LogP contribution is 2.54. The molecule has 26 aromatic rings. The summed E-state index contributed by atoms with van der Waals surface area (Å²) in [5.74, 6) is 0.629. The summed E-state index contributed by atoms with van der Waals surface area (Å²) >= 11 is 0. The summed E-state index contributed by atoms with van der Waals surface area (Å²) in [5.41, 5.74) is 34.1. The van der Waals surface area contributed by atoms with Gasteiger partial charge >= 0.3 is 0 Å². The zero-order valence-electron chi connectivity index (χ0n) is 67.0. The van der Waals surface area contributed by atoms with Crippen molar-refractivity contribution in [3.05, 3.63) is 425 Å². The van der Waals surface area contributed by atoms with Gasteiger partial charge in [0.25, 0.3) is 0 Å². The molecule has 8 nitrogen and oxygen atoms in total. The Morgan fingerprint density at radius 2 is 0.435 bits per heavy atom. The molecule has 0 unspecified atom stereocenters. The van der Waals surface area contributed by atoms with Crippen LogP contribution in [0.3, 0.4) is 0 Å². The lowest BCUT2D eigenvalue weighted by atomic mass is 9.98. The van der Waals surface area contributed by atoms with Crippen LogP contribution in [0.4, 0.5) is 0 Å². The Labute approximate surface area is 711 Å².